The van der Waals surface area contributed by atoms with E-state index in [-0.39, 0.29) is 29.5 Å². The van der Waals surface area contributed by atoms with Crippen LogP contribution in [-0.2, 0) is 0 Å². The smallest absolute Gasteiger partial charge is 0.170 e. The topological polar surface area (TPSA) is 28.0 Å². The van der Waals surface area contributed by atoms with Crippen molar-refractivity contribution in [3.05, 3.63) is 60.2 Å². The fourth-order valence-corrected chi connectivity index (χ4v) is 4.58. The quantitative estimate of drug-likeness (QED) is 0.482. The van der Waals surface area contributed by atoms with Gasteiger partial charge in [-0.15, -0.1) is 24.0 Å². The van der Waals surface area contributed by atoms with Crippen LogP contribution < -0.4 is 4.90 Å². The van der Waals surface area contributed by atoms with Crippen LogP contribution in [-0.4, -0.2) is 22.8 Å². The van der Waals surface area contributed by atoms with E-state index in [1.807, 2.05) is 0 Å². The third-order valence-corrected chi connectivity index (χ3v) is 5.85. The Bertz CT molecular complexity index is 826. The summed E-state index contributed by atoms with van der Waals surface area (Å²) in [6, 6.07) is 19.0. The van der Waals surface area contributed by atoms with Gasteiger partial charge in [0.1, 0.15) is 5.54 Å². The summed E-state index contributed by atoms with van der Waals surface area (Å²) in [5.74, 6) is 0.979. The highest BCUT2D eigenvalue weighted by Gasteiger charge is 2.50. The highest BCUT2D eigenvalue weighted by molar-refractivity contribution is 14.0. The summed E-state index contributed by atoms with van der Waals surface area (Å²) in [5.41, 5.74) is 3.35. The number of nitrogens with zero attached hydrogens (tertiary/aromatic N) is 3. The van der Waals surface area contributed by atoms with Crippen LogP contribution in [0.3, 0.4) is 0 Å². The molecule has 0 saturated heterocycles. The molecule has 2 aromatic rings. The number of anilines is 1. The van der Waals surface area contributed by atoms with Crippen LogP contribution in [0.1, 0.15) is 31.2 Å². The maximum atomic E-state index is 5.04. The second kappa shape index (κ2) is 8.13. The molecule has 0 radical (unpaired) electrons. The Kier molecular flexibility index (Phi) is 6.07. The van der Waals surface area contributed by atoms with E-state index < -0.39 is 0 Å². The van der Waals surface area contributed by atoms with Crippen molar-refractivity contribution in [2.45, 2.75) is 38.1 Å². The minimum atomic E-state index is -0.0953. The van der Waals surface area contributed by atoms with Gasteiger partial charge in [0.15, 0.2) is 11.0 Å². The molecule has 0 N–H and O–H groups in total. The van der Waals surface area contributed by atoms with Crippen LogP contribution in [0, 0.1) is 6.92 Å². The highest BCUT2D eigenvalue weighted by Crippen LogP contribution is 2.45. The Balaban J connectivity index is 0.00000196. The summed E-state index contributed by atoms with van der Waals surface area (Å²) in [6.07, 6.45) is 6.79. The summed E-state index contributed by atoms with van der Waals surface area (Å²) < 4.78 is 0. The van der Waals surface area contributed by atoms with Gasteiger partial charge in [0.25, 0.3) is 0 Å². The van der Waals surface area contributed by atoms with Crippen LogP contribution >= 0.6 is 35.7 Å². The van der Waals surface area contributed by atoms with Crippen molar-refractivity contribution in [1.82, 2.24) is 0 Å². The van der Waals surface area contributed by atoms with Gasteiger partial charge in [-0.05, 0) is 49.8 Å². The van der Waals surface area contributed by atoms with Gasteiger partial charge >= 0.3 is 0 Å². The predicted octanol–water partition coefficient (Wildman–Crippen LogP) is 6.20. The largest absolute Gasteiger partial charge is 0.307 e. The first-order chi connectivity index (χ1) is 12.2. The number of aliphatic imine (C=N–C) groups is 2. The number of aryl methyl sites for hydroxylation is 1. The van der Waals surface area contributed by atoms with Gasteiger partial charge in [0.2, 0.25) is 0 Å². The first-order valence-electron chi connectivity index (χ1n) is 8.87. The van der Waals surface area contributed by atoms with Gasteiger partial charge in [0.05, 0.1) is 5.69 Å². The first kappa shape index (κ1) is 19.4. The highest BCUT2D eigenvalue weighted by atomic mass is 127. The Labute approximate surface area is 177 Å². The predicted molar refractivity (Wildman–Crippen MR) is 125 cm³/mol. The number of halogens is 1. The molecule has 0 aromatic heterocycles. The molecule has 0 atom stereocenters. The third kappa shape index (κ3) is 3.31. The summed E-state index contributed by atoms with van der Waals surface area (Å²) >= 11 is 1.71. The molecule has 1 fully saturated rings. The van der Waals surface area contributed by atoms with E-state index in [0.717, 1.165) is 29.5 Å². The van der Waals surface area contributed by atoms with E-state index >= 15 is 0 Å². The van der Waals surface area contributed by atoms with E-state index in [2.05, 4.69) is 72.7 Å². The minimum Gasteiger partial charge on any atom is -0.307 e. The number of hydrogen-bond acceptors (Lipinski definition) is 3. The van der Waals surface area contributed by atoms with Crippen LogP contribution in [0.15, 0.2) is 64.6 Å². The molecule has 5 heteroatoms. The summed E-state index contributed by atoms with van der Waals surface area (Å²) in [5, 5.41) is 1.06. The average Bonchev–Trinajstić information content (AvgIpc) is 3.24. The lowest BCUT2D eigenvalue weighted by molar-refractivity contribution is 0.592. The fourth-order valence-electron chi connectivity index (χ4n) is 3.94. The zero-order valence-electron chi connectivity index (χ0n) is 15.2. The van der Waals surface area contributed by atoms with Gasteiger partial charge in [-0.2, -0.15) is 0 Å². The van der Waals surface area contributed by atoms with Crippen molar-refractivity contribution in [2.75, 3.05) is 11.2 Å². The molecule has 3 nitrogen and oxygen atoms in total. The standard InChI is InChI=1S/C21H23N3S.HI/c1-16-10-6-7-13-18(16)22-19-21(14-8-9-15-21)24(20(23-19)25-2)17-11-4-3-5-12-17;/h3-7,10-13H,8-9,14-15H2,1-2H3;1H. The zero-order chi connectivity index (χ0) is 17.3. The van der Waals surface area contributed by atoms with Crippen molar-refractivity contribution >= 4 is 58.1 Å². The monoisotopic (exact) mass is 477 g/mol. The Morgan fingerprint density at radius 1 is 1.00 bits per heavy atom. The van der Waals surface area contributed by atoms with E-state index in [1.54, 1.807) is 11.8 Å². The normalized spacial score (nSPS) is 19.7. The van der Waals surface area contributed by atoms with Crippen LogP contribution in [0.2, 0.25) is 0 Å². The van der Waals surface area contributed by atoms with Gasteiger partial charge in [0, 0.05) is 5.69 Å². The molecular formula is C21H24IN3S. The van der Waals surface area contributed by atoms with E-state index in [9.17, 15) is 0 Å². The SMILES string of the molecule is CSC1=NC(=Nc2ccccc2C)C2(CCCC2)N1c1ccccc1.I. The second-order valence-electron chi connectivity index (χ2n) is 6.73. The van der Waals surface area contributed by atoms with Crippen LogP contribution in [0.4, 0.5) is 11.4 Å². The maximum Gasteiger partial charge on any atom is 0.170 e. The van der Waals surface area contributed by atoms with Crippen molar-refractivity contribution in [2.24, 2.45) is 9.98 Å². The molecule has 2 aromatic carbocycles. The molecule has 26 heavy (non-hydrogen) atoms. The molecule has 1 aliphatic carbocycles. The van der Waals surface area contributed by atoms with Gasteiger partial charge in [-0.3, -0.25) is 0 Å². The van der Waals surface area contributed by atoms with E-state index in [1.165, 1.54) is 24.1 Å². The Morgan fingerprint density at radius 3 is 2.31 bits per heavy atom. The molecule has 0 bridgehead atoms. The molecule has 4 rings (SSSR count). The van der Waals surface area contributed by atoms with Crippen LogP contribution in [0.5, 0.6) is 0 Å². The number of benzene rings is 2. The molecule has 1 saturated carbocycles. The number of amidine groups is 2. The lowest BCUT2D eigenvalue weighted by Gasteiger charge is -2.36. The van der Waals surface area contributed by atoms with E-state index in [4.69, 9.17) is 9.98 Å². The summed E-state index contributed by atoms with van der Waals surface area (Å²) in [6.45, 7) is 2.11. The molecule has 0 amide bonds. The molecule has 0 unspecified atom stereocenters. The number of hydrogen-bond donors (Lipinski definition) is 0. The number of thioether (sulfide) groups is 1. The molecule has 136 valence electrons. The van der Waals surface area contributed by atoms with Crippen molar-refractivity contribution in [3.8, 4) is 0 Å². The molecular weight excluding hydrogens is 453 g/mol. The lowest BCUT2D eigenvalue weighted by Crippen LogP contribution is -2.49. The van der Waals surface area contributed by atoms with Crippen molar-refractivity contribution in [3.63, 3.8) is 0 Å². The van der Waals surface area contributed by atoms with Gasteiger partial charge < -0.3 is 4.90 Å². The van der Waals surface area contributed by atoms with E-state index in [0.29, 0.717) is 0 Å². The number of rotatable bonds is 2. The molecule has 1 spiro atoms. The van der Waals surface area contributed by atoms with Gasteiger partial charge in [-0.1, -0.05) is 61.0 Å². The second-order valence-corrected chi connectivity index (χ2v) is 7.50. The summed E-state index contributed by atoms with van der Waals surface area (Å²) in [4.78, 5) is 12.5. The van der Waals surface area contributed by atoms with Crippen molar-refractivity contribution < 1.29 is 0 Å². The summed E-state index contributed by atoms with van der Waals surface area (Å²) in [7, 11) is 0. The average molecular weight is 477 g/mol. The zero-order valence-corrected chi connectivity index (χ0v) is 18.3. The fraction of sp³-hybridized carbons (Fsp3) is 0.333. The molecule has 2 aliphatic rings. The van der Waals surface area contributed by atoms with Crippen LogP contribution in [0.25, 0.3) is 0 Å². The maximum absolute atomic E-state index is 5.04. The van der Waals surface area contributed by atoms with Crippen molar-refractivity contribution in [1.29, 1.82) is 0 Å². The third-order valence-electron chi connectivity index (χ3n) is 5.21. The Morgan fingerprint density at radius 2 is 1.65 bits per heavy atom. The molecule has 1 aliphatic heterocycles. The number of para-hydroxylation sites is 2. The minimum absolute atomic E-state index is 0. The first-order valence-corrected chi connectivity index (χ1v) is 10.1. The van der Waals surface area contributed by atoms with Gasteiger partial charge in [-0.25, -0.2) is 9.98 Å². The lowest BCUT2D eigenvalue weighted by atomic mass is 9.94. The Hall–Kier alpha value is -1.34. The molecule has 1 heterocycles.